The van der Waals surface area contributed by atoms with E-state index >= 15 is 0 Å². The molecule has 27 heavy (non-hydrogen) atoms. The Morgan fingerprint density at radius 1 is 1.07 bits per heavy atom. The summed E-state index contributed by atoms with van der Waals surface area (Å²) in [6.07, 6.45) is 1.13. The van der Waals surface area contributed by atoms with Crippen LogP contribution in [0.5, 0.6) is 0 Å². The lowest BCUT2D eigenvalue weighted by Crippen LogP contribution is -2.48. The van der Waals surface area contributed by atoms with Gasteiger partial charge in [0.15, 0.2) is 0 Å². The van der Waals surface area contributed by atoms with E-state index in [1.54, 1.807) is 13.0 Å². The summed E-state index contributed by atoms with van der Waals surface area (Å²) in [7, 11) is -3.62. The van der Waals surface area contributed by atoms with E-state index in [-0.39, 0.29) is 11.8 Å². The third-order valence-corrected chi connectivity index (χ3v) is 5.87. The van der Waals surface area contributed by atoms with Gasteiger partial charge in [0.1, 0.15) is 6.04 Å². The van der Waals surface area contributed by atoms with Crippen molar-refractivity contribution in [2.75, 3.05) is 17.1 Å². The van der Waals surface area contributed by atoms with Crippen LogP contribution >= 0.6 is 0 Å². The first-order valence-electron chi connectivity index (χ1n) is 9.00. The molecule has 0 saturated heterocycles. The predicted molar refractivity (Wildman–Crippen MR) is 111 cm³/mol. The van der Waals surface area contributed by atoms with Crippen molar-refractivity contribution in [3.8, 4) is 0 Å². The van der Waals surface area contributed by atoms with Crippen molar-refractivity contribution in [2.24, 2.45) is 0 Å². The van der Waals surface area contributed by atoms with Crippen LogP contribution in [-0.2, 0) is 14.8 Å². The number of nitrogens with one attached hydrogen (secondary N) is 1. The van der Waals surface area contributed by atoms with E-state index in [9.17, 15) is 13.2 Å². The van der Waals surface area contributed by atoms with Crippen LogP contribution in [0.25, 0.3) is 0 Å². The molecule has 2 atom stereocenters. The number of rotatable bonds is 7. The number of anilines is 1. The lowest BCUT2D eigenvalue weighted by molar-refractivity contribution is -0.121. The van der Waals surface area contributed by atoms with E-state index in [0.717, 1.165) is 22.9 Å². The highest BCUT2D eigenvalue weighted by Crippen LogP contribution is 2.26. The molecule has 2 aromatic rings. The van der Waals surface area contributed by atoms with Gasteiger partial charge in [-0.25, -0.2) is 8.42 Å². The minimum Gasteiger partial charge on any atom is -0.354 e. The Labute approximate surface area is 162 Å². The van der Waals surface area contributed by atoms with E-state index in [4.69, 9.17) is 0 Å². The molecule has 1 amide bonds. The van der Waals surface area contributed by atoms with Gasteiger partial charge in [-0.1, -0.05) is 49.4 Å². The summed E-state index contributed by atoms with van der Waals surface area (Å²) in [6, 6.07) is 14.6. The third kappa shape index (κ3) is 5.32. The second-order valence-electron chi connectivity index (χ2n) is 7.08. The minimum absolute atomic E-state index is 0.134. The zero-order valence-electron chi connectivity index (χ0n) is 16.6. The molecule has 146 valence electrons. The highest BCUT2D eigenvalue weighted by molar-refractivity contribution is 7.92. The Morgan fingerprint density at radius 3 is 2.30 bits per heavy atom. The standard InChI is InChI=1S/C21H28N2O3S/c1-15-11-12-16(2)20(13-15)23(27(5,25)26)18(4)21(24)22-14-17(3)19-9-7-6-8-10-19/h6-13,17-18H,14H2,1-5H3,(H,22,24)/t17-,18+/m1/s1. The molecule has 0 heterocycles. The quantitative estimate of drug-likeness (QED) is 0.791. The van der Waals surface area contributed by atoms with Crippen LogP contribution in [0.3, 0.4) is 0 Å². The number of aryl methyl sites for hydroxylation is 2. The molecule has 2 rings (SSSR count). The Bertz CT molecular complexity index is 895. The van der Waals surface area contributed by atoms with Crippen molar-refractivity contribution in [1.29, 1.82) is 0 Å². The summed E-state index contributed by atoms with van der Waals surface area (Å²) >= 11 is 0. The van der Waals surface area contributed by atoms with Crippen molar-refractivity contribution in [3.63, 3.8) is 0 Å². The van der Waals surface area contributed by atoms with E-state index in [1.807, 2.05) is 63.2 Å². The van der Waals surface area contributed by atoms with E-state index in [1.165, 1.54) is 4.31 Å². The molecule has 0 aliphatic rings. The van der Waals surface area contributed by atoms with Gasteiger partial charge in [0.2, 0.25) is 15.9 Å². The minimum atomic E-state index is -3.62. The topological polar surface area (TPSA) is 66.5 Å². The second-order valence-corrected chi connectivity index (χ2v) is 8.94. The smallest absolute Gasteiger partial charge is 0.243 e. The molecule has 6 heteroatoms. The normalized spacial score (nSPS) is 13.7. The van der Waals surface area contributed by atoms with Gasteiger partial charge >= 0.3 is 0 Å². The largest absolute Gasteiger partial charge is 0.354 e. The van der Waals surface area contributed by atoms with Crippen molar-refractivity contribution in [2.45, 2.75) is 39.7 Å². The molecule has 0 spiro atoms. The van der Waals surface area contributed by atoms with Crippen molar-refractivity contribution in [3.05, 3.63) is 65.2 Å². The Balaban J connectivity index is 2.19. The summed E-state index contributed by atoms with van der Waals surface area (Å²) in [5, 5.41) is 2.89. The van der Waals surface area contributed by atoms with Gasteiger partial charge in [0.25, 0.3) is 0 Å². The fraction of sp³-hybridized carbons (Fsp3) is 0.381. The van der Waals surface area contributed by atoms with Crippen molar-refractivity contribution in [1.82, 2.24) is 5.32 Å². The number of benzene rings is 2. The van der Waals surface area contributed by atoms with Crippen molar-refractivity contribution < 1.29 is 13.2 Å². The fourth-order valence-corrected chi connectivity index (χ4v) is 4.26. The molecule has 0 bridgehead atoms. The van der Waals surface area contributed by atoms with Crippen LogP contribution in [0, 0.1) is 13.8 Å². The number of sulfonamides is 1. The maximum absolute atomic E-state index is 12.7. The summed E-state index contributed by atoms with van der Waals surface area (Å²) in [5.41, 5.74) is 3.41. The summed E-state index contributed by atoms with van der Waals surface area (Å²) in [6.45, 7) is 7.83. The molecule has 0 aliphatic heterocycles. The number of hydrogen-bond acceptors (Lipinski definition) is 3. The van der Waals surface area contributed by atoms with E-state index in [2.05, 4.69) is 5.32 Å². The van der Waals surface area contributed by atoms with Gasteiger partial charge in [0, 0.05) is 6.54 Å². The molecule has 0 aromatic heterocycles. The first-order valence-corrected chi connectivity index (χ1v) is 10.9. The van der Waals surface area contributed by atoms with E-state index in [0.29, 0.717) is 12.2 Å². The zero-order valence-corrected chi connectivity index (χ0v) is 17.4. The van der Waals surface area contributed by atoms with Gasteiger partial charge in [-0.2, -0.15) is 0 Å². The van der Waals surface area contributed by atoms with E-state index < -0.39 is 16.1 Å². The first kappa shape index (κ1) is 21.0. The molecule has 1 N–H and O–H groups in total. The van der Waals surface area contributed by atoms with Crippen LogP contribution in [0.4, 0.5) is 5.69 Å². The number of carbonyl (C=O) groups excluding carboxylic acids is 1. The van der Waals surface area contributed by atoms with Crippen LogP contribution < -0.4 is 9.62 Å². The van der Waals surface area contributed by atoms with Gasteiger partial charge in [-0.3, -0.25) is 9.10 Å². The summed E-state index contributed by atoms with van der Waals surface area (Å²) < 4.78 is 26.1. The molecular formula is C21H28N2O3S. The molecular weight excluding hydrogens is 360 g/mol. The molecule has 0 unspecified atom stereocenters. The second kappa shape index (κ2) is 8.57. The predicted octanol–water partition coefficient (Wildman–Crippen LogP) is 3.38. The van der Waals surface area contributed by atoms with Crippen LogP contribution in [0.15, 0.2) is 48.5 Å². The maximum atomic E-state index is 12.7. The fourth-order valence-electron chi connectivity index (χ4n) is 3.04. The molecule has 5 nitrogen and oxygen atoms in total. The number of nitrogens with zero attached hydrogens (tertiary/aromatic N) is 1. The summed E-state index contributed by atoms with van der Waals surface area (Å²) in [5.74, 6) is -0.182. The Kier molecular flexibility index (Phi) is 6.65. The first-order chi connectivity index (χ1) is 12.6. The Hall–Kier alpha value is -2.34. The molecule has 0 saturated carbocycles. The van der Waals surface area contributed by atoms with Crippen molar-refractivity contribution >= 4 is 21.6 Å². The number of carbonyl (C=O) groups is 1. The third-order valence-electron chi connectivity index (χ3n) is 4.64. The van der Waals surface area contributed by atoms with Crippen LogP contribution in [0.1, 0.15) is 36.5 Å². The average Bonchev–Trinajstić information content (AvgIpc) is 2.62. The molecule has 0 aliphatic carbocycles. The highest BCUT2D eigenvalue weighted by atomic mass is 32.2. The maximum Gasteiger partial charge on any atom is 0.243 e. The number of hydrogen-bond donors (Lipinski definition) is 1. The average molecular weight is 389 g/mol. The molecule has 2 aromatic carbocycles. The van der Waals surface area contributed by atoms with Gasteiger partial charge in [0.05, 0.1) is 11.9 Å². The Morgan fingerprint density at radius 2 is 1.70 bits per heavy atom. The lowest BCUT2D eigenvalue weighted by Gasteiger charge is -2.30. The monoisotopic (exact) mass is 388 g/mol. The molecule has 0 fully saturated rings. The molecule has 0 radical (unpaired) electrons. The highest BCUT2D eigenvalue weighted by Gasteiger charge is 2.30. The van der Waals surface area contributed by atoms with Crippen LogP contribution in [0.2, 0.25) is 0 Å². The summed E-state index contributed by atoms with van der Waals surface area (Å²) in [4.78, 5) is 12.7. The van der Waals surface area contributed by atoms with Gasteiger partial charge < -0.3 is 5.32 Å². The lowest BCUT2D eigenvalue weighted by atomic mass is 10.0. The number of amides is 1. The van der Waals surface area contributed by atoms with Gasteiger partial charge in [-0.15, -0.1) is 0 Å². The SMILES string of the molecule is Cc1ccc(C)c(N([C@@H](C)C(=O)NC[C@@H](C)c2ccccc2)S(C)(=O)=O)c1. The van der Waals surface area contributed by atoms with Crippen LogP contribution in [-0.4, -0.2) is 33.2 Å². The zero-order chi connectivity index (χ0) is 20.2. The van der Waals surface area contributed by atoms with Gasteiger partial charge in [-0.05, 0) is 49.4 Å².